The first-order valence-corrected chi connectivity index (χ1v) is 14.5. The number of fused-ring (bicyclic) bond motifs is 3. The van der Waals surface area contributed by atoms with Crippen molar-refractivity contribution in [3.8, 4) is 22.8 Å². The van der Waals surface area contributed by atoms with Crippen LogP contribution in [0.25, 0.3) is 28.2 Å². The number of thiazole rings is 1. The van der Waals surface area contributed by atoms with Crippen LogP contribution in [0.3, 0.4) is 0 Å². The number of hydrogen-bond donors (Lipinski definition) is 1. The second-order valence-corrected chi connectivity index (χ2v) is 11.2. The summed E-state index contributed by atoms with van der Waals surface area (Å²) in [7, 11) is 0. The van der Waals surface area contributed by atoms with E-state index in [0.717, 1.165) is 33.3 Å². The van der Waals surface area contributed by atoms with E-state index < -0.39 is 12.0 Å². The normalized spacial score (nSPS) is 16.1. The Kier molecular flexibility index (Phi) is 6.31. The maximum absolute atomic E-state index is 14.3. The molecule has 4 heterocycles. The van der Waals surface area contributed by atoms with Crippen LogP contribution in [0.4, 0.5) is 0 Å². The lowest BCUT2D eigenvalue weighted by atomic mass is 9.95. The van der Waals surface area contributed by atoms with E-state index in [1.807, 2.05) is 54.6 Å². The zero-order chi connectivity index (χ0) is 29.0. The minimum atomic E-state index is -0.740. The molecular formula is C33H27N3O5S. The molecule has 0 saturated carbocycles. The molecule has 3 aromatic carbocycles. The largest absolute Gasteiger partial charge is 0.463 e. The molecule has 7 rings (SSSR count). The molecular weight excluding hydrogens is 550 g/mol. The first kappa shape index (κ1) is 26.0. The van der Waals surface area contributed by atoms with Crippen LogP contribution in [0.5, 0.6) is 11.5 Å². The standard InChI is InChI=1S/C33H27N3O5S/c1-4-39-32(38)27-19(3)34-33-36(30(27)21-13-14-24-25(15-21)41-17-40-24)31(37)26(42-33)16-23-22-12-8-9-18(2)28(22)35-29(23)20-10-6-5-7-11-20/h5-16,30,35H,4,17H2,1-3H3/b26-16+/t30-/m1/s1. The van der Waals surface area contributed by atoms with Gasteiger partial charge in [-0.05, 0) is 55.7 Å². The highest BCUT2D eigenvalue weighted by atomic mass is 32.1. The minimum Gasteiger partial charge on any atom is -0.463 e. The van der Waals surface area contributed by atoms with E-state index in [0.29, 0.717) is 37.7 Å². The van der Waals surface area contributed by atoms with E-state index >= 15 is 0 Å². The molecule has 0 bridgehead atoms. The Balaban J connectivity index is 1.47. The summed E-state index contributed by atoms with van der Waals surface area (Å²) in [6.45, 7) is 5.92. The van der Waals surface area contributed by atoms with Gasteiger partial charge in [-0.3, -0.25) is 9.36 Å². The van der Waals surface area contributed by atoms with Crippen LogP contribution in [-0.2, 0) is 9.53 Å². The lowest BCUT2D eigenvalue weighted by Gasteiger charge is -2.24. The van der Waals surface area contributed by atoms with E-state index in [9.17, 15) is 9.59 Å². The van der Waals surface area contributed by atoms with Crippen molar-refractivity contribution in [1.29, 1.82) is 0 Å². The molecule has 0 saturated heterocycles. The van der Waals surface area contributed by atoms with Crippen LogP contribution in [-0.4, -0.2) is 28.9 Å². The predicted octanol–water partition coefficient (Wildman–Crippen LogP) is 4.98. The predicted molar refractivity (Wildman–Crippen MR) is 161 cm³/mol. The fourth-order valence-electron chi connectivity index (χ4n) is 5.69. The van der Waals surface area contributed by atoms with Crippen LogP contribution in [0.1, 0.15) is 36.6 Å². The van der Waals surface area contributed by atoms with E-state index in [1.54, 1.807) is 24.5 Å². The molecule has 1 N–H and O–H groups in total. The van der Waals surface area contributed by atoms with Crippen molar-refractivity contribution in [3.63, 3.8) is 0 Å². The first-order chi connectivity index (χ1) is 20.4. The van der Waals surface area contributed by atoms with Crippen molar-refractivity contribution < 1.29 is 19.0 Å². The summed E-state index contributed by atoms with van der Waals surface area (Å²) in [4.78, 5) is 36.4. The Labute approximate surface area is 244 Å². The maximum Gasteiger partial charge on any atom is 0.338 e. The fraction of sp³-hybridized carbons (Fsp3) is 0.182. The van der Waals surface area contributed by atoms with Crippen molar-refractivity contribution in [2.24, 2.45) is 4.99 Å². The highest BCUT2D eigenvalue weighted by Crippen LogP contribution is 2.38. The summed E-state index contributed by atoms with van der Waals surface area (Å²) in [6, 6.07) is 20.9. The van der Waals surface area contributed by atoms with E-state index in [1.165, 1.54) is 11.3 Å². The summed E-state index contributed by atoms with van der Waals surface area (Å²) >= 11 is 1.30. The molecule has 2 aromatic heterocycles. The van der Waals surface area contributed by atoms with Gasteiger partial charge < -0.3 is 19.2 Å². The van der Waals surface area contributed by atoms with Crippen molar-refractivity contribution in [2.75, 3.05) is 13.4 Å². The number of esters is 1. The number of nitrogens with zero attached hydrogens (tertiary/aromatic N) is 2. The zero-order valence-electron chi connectivity index (χ0n) is 23.3. The molecule has 8 nitrogen and oxygen atoms in total. The number of nitrogens with one attached hydrogen (secondary N) is 1. The van der Waals surface area contributed by atoms with E-state index in [2.05, 4.69) is 24.0 Å². The number of aryl methyl sites for hydroxylation is 1. The van der Waals surface area contributed by atoms with Gasteiger partial charge in [0.05, 0.1) is 34.1 Å². The monoisotopic (exact) mass is 577 g/mol. The quantitative estimate of drug-likeness (QED) is 0.297. The van der Waals surface area contributed by atoms with Gasteiger partial charge in [0.15, 0.2) is 16.3 Å². The molecule has 210 valence electrons. The fourth-order valence-corrected chi connectivity index (χ4v) is 6.72. The lowest BCUT2D eigenvalue weighted by Crippen LogP contribution is -2.39. The second kappa shape index (κ2) is 10.2. The van der Waals surface area contributed by atoms with E-state index in [4.69, 9.17) is 19.2 Å². The molecule has 1 atom stereocenters. The number of carbonyl (C=O) groups is 1. The topological polar surface area (TPSA) is 94.9 Å². The van der Waals surface area contributed by atoms with Gasteiger partial charge in [0.25, 0.3) is 5.56 Å². The molecule has 42 heavy (non-hydrogen) atoms. The van der Waals surface area contributed by atoms with Gasteiger partial charge in [-0.1, -0.05) is 65.9 Å². The van der Waals surface area contributed by atoms with Gasteiger partial charge in [-0.2, -0.15) is 0 Å². The third kappa shape index (κ3) is 4.16. The minimum absolute atomic E-state index is 0.120. The molecule has 0 fully saturated rings. The van der Waals surface area contributed by atoms with Crippen molar-refractivity contribution in [1.82, 2.24) is 9.55 Å². The molecule has 0 radical (unpaired) electrons. The zero-order valence-corrected chi connectivity index (χ0v) is 24.1. The van der Waals surface area contributed by atoms with Crippen LogP contribution in [0.15, 0.2) is 87.8 Å². The van der Waals surface area contributed by atoms with Gasteiger partial charge in [-0.15, -0.1) is 0 Å². The van der Waals surface area contributed by atoms with Gasteiger partial charge in [-0.25, -0.2) is 9.79 Å². The Morgan fingerprint density at radius 1 is 1.10 bits per heavy atom. The average Bonchev–Trinajstić information content (AvgIpc) is 3.69. The Morgan fingerprint density at radius 3 is 2.71 bits per heavy atom. The Bertz CT molecular complexity index is 2100. The molecule has 0 aliphatic carbocycles. The maximum atomic E-state index is 14.3. The van der Waals surface area contributed by atoms with Gasteiger partial charge >= 0.3 is 5.97 Å². The number of benzene rings is 3. The van der Waals surface area contributed by atoms with Crippen molar-refractivity contribution >= 4 is 34.3 Å². The second-order valence-electron chi connectivity index (χ2n) is 10.2. The summed E-state index contributed by atoms with van der Waals surface area (Å²) in [5.41, 5.74) is 6.31. The van der Waals surface area contributed by atoms with Crippen molar-refractivity contribution in [2.45, 2.75) is 26.8 Å². The number of aromatic amines is 1. The third-order valence-electron chi connectivity index (χ3n) is 7.65. The number of aromatic nitrogens is 2. The Hall–Kier alpha value is -4.89. The number of hydrogen-bond acceptors (Lipinski definition) is 7. The smallest absolute Gasteiger partial charge is 0.338 e. The molecule has 5 aromatic rings. The van der Waals surface area contributed by atoms with Crippen LogP contribution in [0, 0.1) is 6.92 Å². The molecule has 0 amide bonds. The number of rotatable bonds is 5. The van der Waals surface area contributed by atoms with Crippen LogP contribution in [0.2, 0.25) is 0 Å². The van der Waals surface area contributed by atoms with Gasteiger partial charge in [0.2, 0.25) is 6.79 Å². The molecule has 0 unspecified atom stereocenters. The number of carbonyl (C=O) groups excluding carboxylic acids is 1. The summed E-state index contributed by atoms with van der Waals surface area (Å²) in [5, 5.41) is 1.02. The molecule has 9 heteroatoms. The molecule has 2 aliphatic heterocycles. The highest BCUT2D eigenvalue weighted by Gasteiger charge is 2.34. The molecule has 2 aliphatic rings. The molecule has 0 spiro atoms. The highest BCUT2D eigenvalue weighted by molar-refractivity contribution is 7.07. The van der Waals surface area contributed by atoms with E-state index in [-0.39, 0.29) is 19.0 Å². The lowest BCUT2D eigenvalue weighted by molar-refractivity contribution is -0.139. The number of ether oxygens (including phenoxy) is 3. The Morgan fingerprint density at radius 2 is 1.90 bits per heavy atom. The van der Waals surface area contributed by atoms with Gasteiger partial charge in [0, 0.05) is 16.5 Å². The summed E-state index contributed by atoms with van der Waals surface area (Å²) in [5.74, 6) is 0.677. The summed E-state index contributed by atoms with van der Waals surface area (Å²) in [6.07, 6.45) is 1.94. The average molecular weight is 578 g/mol. The number of allylic oxidation sites excluding steroid dienone is 1. The van der Waals surface area contributed by atoms with Crippen molar-refractivity contribution in [3.05, 3.63) is 114 Å². The van der Waals surface area contributed by atoms with Crippen LogP contribution >= 0.6 is 11.3 Å². The SMILES string of the molecule is CCOC(=O)C1=C(C)N=c2s/c(=C/c3c(-c4ccccc4)[nH]c4c(C)cccc34)c(=O)n2[C@@H]1c1ccc2c(c1)OCO2. The third-order valence-corrected chi connectivity index (χ3v) is 8.63. The summed E-state index contributed by atoms with van der Waals surface area (Å²) < 4.78 is 18.7. The number of H-pyrrole nitrogens is 1. The van der Waals surface area contributed by atoms with Crippen LogP contribution < -0.4 is 24.4 Å². The first-order valence-electron chi connectivity index (χ1n) is 13.7. The van der Waals surface area contributed by atoms with Gasteiger partial charge in [0.1, 0.15) is 0 Å². The number of para-hydroxylation sites is 1.